The minimum Gasteiger partial charge on any atom is -0.507 e. The lowest BCUT2D eigenvalue weighted by Crippen LogP contribution is -2.43. The summed E-state index contributed by atoms with van der Waals surface area (Å²) in [5.74, 6) is -2.36. The maximum absolute atomic E-state index is 12.6. The Hall–Kier alpha value is -4.33. The van der Waals surface area contributed by atoms with Crippen LogP contribution in [0.5, 0.6) is 5.75 Å². The van der Waals surface area contributed by atoms with Crippen molar-refractivity contribution in [3.8, 4) is 16.9 Å². The van der Waals surface area contributed by atoms with E-state index in [-0.39, 0.29) is 23.8 Å². The molecule has 0 saturated heterocycles. The average Bonchev–Trinajstić information content (AvgIpc) is 3.16. The molecule has 34 heavy (non-hydrogen) atoms. The molecule has 0 radical (unpaired) electrons. The van der Waals surface area contributed by atoms with E-state index in [0.717, 1.165) is 28.3 Å². The SMILES string of the molecule is CCC(NC(=O)OCC1c2ccccc2-c2ccccc21)C(=O)Nc1ccc(O)c(C(=O)O)c1. The van der Waals surface area contributed by atoms with Crippen molar-refractivity contribution in [2.45, 2.75) is 25.3 Å². The highest BCUT2D eigenvalue weighted by atomic mass is 16.5. The lowest BCUT2D eigenvalue weighted by Gasteiger charge is -2.19. The first-order valence-electron chi connectivity index (χ1n) is 10.9. The second-order valence-electron chi connectivity index (χ2n) is 7.96. The Morgan fingerprint density at radius 2 is 1.59 bits per heavy atom. The molecule has 0 fully saturated rings. The molecule has 1 aliphatic carbocycles. The van der Waals surface area contributed by atoms with Gasteiger partial charge in [0.2, 0.25) is 5.91 Å². The summed E-state index contributed by atoms with van der Waals surface area (Å²) in [5, 5.41) is 23.9. The fraction of sp³-hybridized carbons (Fsp3) is 0.192. The fourth-order valence-electron chi connectivity index (χ4n) is 4.15. The topological polar surface area (TPSA) is 125 Å². The largest absolute Gasteiger partial charge is 0.507 e. The number of phenols is 1. The van der Waals surface area contributed by atoms with Crippen LogP contribution in [0.25, 0.3) is 11.1 Å². The summed E-state index contributed by atoms with van der Waals surface area (Å²) in [7, 11) is 0. The van der Waals surface area contributed by atoms with E-state index in [9.17, 15) is 19.5 Å². The molecule has 8 nitrogen and oxygen atoms in total. The van der Waals surface area contributed by atoms with E-state index in [1.807, 2.05) is 48.5 Å². The molecule has 1 aliphatic rings. The number of rotatable bonds is 7. The summed E-state index contributed by atoms with van der Waals surface area (Å²) in [4.78, 5) is 36.3. The molecule has 0 aliphatic heterocycles. The number of carboxylic acids is 1. The number of carbonyl (C=O) groups excluding carboxylic acids is 2. The summed E-state index contributed by atoms with van der Waals surface area (Å²) in [6, 6.07) is 18.8. The van der Waals surface area contributed by atoms with Crippen molar-refractivity contribution in [3.63, 3.8) is 0 Å². The van der Waals surface area contributed by atoms with E-state index in [2.05, 4.69) is 10.6 Å². The van der Waals surface area contributed by atoms with Gasteiger partial charge in [0.15, 0.2) is 0 Å². The van der Waals surface area contributed by atoms with Gasteiger partial charge in [-0.25, -0.2) is 9.59 Å². The predicted octanol–water partition coefficient (Wildman–Crippen LogP) is 4.35. The Morgan fingerprint density at radius 1 is 0.971 bits per heavy atom. The van der Waals surface area contributed by atoms with Gasteiger partial charge in [-0.1, -0.05) is 55.5 Å². The summed E-state index contributed by atoms with van der Waals surface area (Å²) in [5.41, 5.74) is 4.26. The number of fused-ring (bicyclic) bond motifs is 3. The van der Waals surface area contributed by atoms with Crippen LogP contribution in [0.4, 0.5) is 10.5 Å². The van der Waals surface area contributed by atoms with E-state index in [1.54, 1.807) is 6.92 Å². The van der Waals surface area contributed by atoms with Crippen molar-refractivity contribution in [2.75, 3.05) is 11.9 Å². The van der Waals surface area contributed by atoms with E-state index < -0.39 is 29.8 Å². The molecule has 8 heteroatoms. The zero-order valence-electron chi connectivity index (χ0n) is 18.4. The van der Waals surface area contributed by atoms with Gasteiger partial charge in [-0.3, -0.25) is 4.79 Å². The second-order valence-corrected chi connectivity index (χ2v) is 7.96. The van der Waals surface area contributed by atoms with E-state index >= 15 is 0 Å². The number of aromatic carboxylic acids is 1. The van der Waals surface area contributed by atoms with Gasteiger partial charge in [-0.05, 0) is 46.9 Å². The number of nitrogens with one attached hydrogen (secondary N) is 2. The number of hydrogen-bond acceptors (Lipinski definition) is 5. The number of hydrogen-bond donors (Lipinski definition) is 4. The number of alkyl carbamates (subject to hydrolysis) is 1. The maximum Gasteiger partial charge on any atom is 0.407 e. The Balaban J connectivity index is 1.39. The summed E-state index contributed by atoms with van der Waals surface area (Å²) >= 11 is 0. The highest BCUT2D eigenvalue weighted by Gasteiger charge is 2.29. The lowest BCUT2D eigenvalue weighted by molar-refractivity contribution is -0.118. The fourth-order valence-corrected chi connectivity index (χ4v) is 4.15. The van der Waals surface area contributed by atoms with Gasteiger partial charge in [-0.15, -0.1) is 0 Å². The van der Waals surface area contributed by atoms with Gasteiger partial charge in [0.05, 0.1) is 0 Å². The van der Waals surface area contributed by atoms with Crippen LogP contribution in [-0.4, -0.2) is 40.8 Å². The summed E-state index contributed by atoms with van der Waals surface area (Å²) < 4.78 is 5.50. The smallest absolute Gasteiger partial charge is 0.407 e. The van der Waals surface area contributed by atoms with Crippen molar-refractivity contribution in [1.29, 1.82) is 0 Å². The van der Waals surface area contributed by atoms with Crippen molar-refractivity contribution < 1.29 is 29.3 Å². The van der Waals surface area contributed by atoms with Gasteiger partial charge >= 0.3 is 12.1 Å². The number of aromatic hydroxyl groups is 1. The van der Waals surface area contributed by atoms with Crippen LogP contribution in [0, 0.1) is 0 Å². The molecule has 3 aromatic rings. The lowest BCUT2D eigenvalue weighted by atomic mass is 9.98. The highest BCUT2D eigenvalue weighted by Crippen LogP contribution is 2.44. The zero-order valence-corrected chi connectivity index (χ0v) is 18.4. The van der Waals surface area contributed by atoms with Gasteiger partial charge in [0, 0.05) is 11.6 Å². The third kappa shape index (κ3) is 4.56. The number of amides is 2. The van der Waals surface area contributed by atoms with Crippen LogP contribution in [0.2, 0.25) is 0 Å². The molecule has 4 N–H and O–H groups in total. The Labute approximate surface area is 196 Å². The average molecular weight is 460 g/mol. The molecule has 1 unspecified atom stereocenters. The van der Waals surface area contributed by atoms with Crippen LogP contribution in [-0.2, 0) is 9.53 Å². The maximum atomic E-state index is 12.6. The molecule has 0 aromatic heterocycles. The molecule has 174 valence electrons. The van der Waals surface area contributed by atoms with Crippen LogP contribution in [0.3, 0.4) is 0 Å². The molecule has 1 atom stereocenters. The van der Waals surface area contributed by atoms with Gasteiger partial charge in [0.25, 0.3) is 0 Å². The van der Waals surface area contributed by atoms with Gasteiger partial charge < -0.3 is 25.6 Å². The van der Waals surface area contributed by atoms with Crippen LogP contribution >= 0.6 is 0 Å². The van der Waals surface area contributed by atoms with Crippen molar-refractivity contribution in [3.05, 3.63) is 83.4 Å². The molecular formula is C26H24N2O6. The van der Waals surface area contributed by atoms with E-state index in [1.165, 1.54) is 12.1 Å². The number of carbonyl (C=O) groups is 3. The Bertz CT molecular complexity index is 1210. The predicted molar refractivity (Wildman–Crippen MR) is 126 cm³/mol. The normalized spacial score (nSPS) is 12.9. The number of ether oxygens (including phenoxy) is 1. The van der Waals surface area contributed by atoms with Crippen molar-refractivity contribution in [2.24, 2.45) is 0 Å². The van der Waals surface area contributed by atoms with E-state index in [0.29, 0.717) is 6.42 Å². The van der Waals surface area contributed by atoms with Gasteiger partial charge in [0.1, 0.15) is 24.0 Å². The third-order valence-electron chi connectivity index (χ3n) is 5.85. The zero-order chi connectivity index (χ0) is 24.2. The Kier molecular flexibility index (Phi) is 6.49. The molecule has 0 heterocycles. The Morgan fingerprint density at radius 3 is 2.18 bits per heavy atom. The minimum absolute atomic E-state index is 0.0986. The molecule has 4 rings (SSSR count). The highest BCUT2D eigenvalue weighted by molar-refractivity contribution is 5.98. The summed E-state index contributed by atoms with van der Waals surface area (Å²) in [6.45, 7) is 1.85. The molecule has 2 amide bonds. The number of benzene rings is 3. The molecule has 0 saturated carbocycles. The first-order chi connectivity index (χ1) is 16.4. The third-order valence-corrected chi connectivity index (χ3v) is 5.85. The standard InChI is InChI=1S/C26H24N2O6/c1-2-22(24(30)27-15-11-12-23(29)20(13-15)25(31)32)28-26(33)34-14-21-18-9-5-3-7-16(18)17-8-4-6-10-19(17)21/h3-13,21-22,29H,2,14H2,1H3,(H,27,30)(H,28,33)(H,31,32). The number of anilines is 1. The summed E-state index contributed by atoms with van der Waals surface area (Å²) in [6.07, 6.45) is -0.430. The minimum atomic E-state index is -1.32. The van der Waals surface area contributed by atoms with E-state index in [4.69, 9.17) is 9.84 Å². The number of carboxylic acid groups (broad SMARTS) is 1. The van der Waals surface area contributed by atoms with Crippen LogP contribution in [0.15, 0.2) is 66.7 Å². The molecule has 3 aromatic carbocycles. The van der Waals surface area contributed by atoms with Crippen molar-refractivity contribution in [1.82, 2.24) is 5.32 Å². The van der Waals surface area contributed by atoms with Gasteiger partial charge in [-0.2, -0.15) is 0 Å². The molecule has 0 spiro atoms. The monoisotopic (exact) mass is 460 g/mol. The van der Waals surface area contributed by atoms with Crippen LogP contribution in [0.1, 0.15) is 40.7 Å². The quantitative estimate of drug-likeness (QED) is 0.389. The first-order valence-corrected chi connectivity index (χ1v) is 10.9. The van der Waals surface area contributed by atoms with Crippen LogP contribution < -0.4 is 10.6 Å². The second kappa shape index (κ2) is 9.66. The molecule has 0 bridgehead atoms. The molecular weight excluding hydrogens is 436 g/mol. The van der Waals surface area contributed by atoms with Crippen molar-refractivity contribution >= 4 is 23.7 Å². The first kappa shape index (κ1) is 22.8.